The number of benzene rings is 2. The summed E-state index contributed by atoms with van der Waals surface area (Å²) in [6.45, 7) is 0.244. The maximum absolute atomic E-state index is 12.1. The molecule has 0 radical (unpaired) electrons. The quantitative estimate of drug-likeness (QED) is 0.907. The van der Waals surface area contributed by atoms with E-state index in [1.807, 2.05) is 18.2 Å². The Labute approximate surface area is 139 Å². The molecule has 1 aliphatic heterocycles. The molecular weight excluding hydrogens is 318 g/mol. The number of rotatable bonds is 5. The Morgan fingerprint density at radius 3 is 2.87 bits per heavy atom. The molecule has 0 fully saturated rings. The van der Waals surface area contributed by atoms with Crippen LogP contribution >= 0.6 is 11.6 Å². The summed E-state index contributed by atoms with van der Waals surface area (Å²) in [5, 5.41) is 3.36. The average molecular weight is 334 g/mol. The second kappa shape index (κ2) is 6.79. The van der Waals surface area contributed by atoms with Gasteiger partial charge in [-0.1, -0.05) is 17.7 Å². The van der Waals surface area contributed by atoms with E-state index in [1.165, 1.54) is 0 Å². The van der Waals surface area contributed by atoms with Gasteiger partial charge in [-0.05, 0) is 42.3 Å². The van der Waals surface area contributed by atoms with Crippen LogP contribution in [0.4, 0.5) is 5.69 Å². The predicted octanol–water partition coefficient (Wildman–Crippen LogP) is 3.65. The molecule has 23 heavy (non-hydrogen) atoms. The van der Waals surface area contributed by atoms with Gasteiger partial charge in [0.25, 0.3) is 0 Å². The van der Waals surface area contributed by atoms with E-state index in [9.17, 15) is 4.79 Å². The smallest absolute Gasteiger partial charge is 0.231 e. The second-order valence-corrected chi connectivity index (χ2v) is 5.52. The second-order valence-electron chi connectivity index (χ2n) is 5.08. The Kier molecular flexibility index (Phi) is 4.57. The Morgan fingerprint density at radius 2 is 2.04 bits per heavy atom. The summed E-state index contributed by atoms with van der Waals surface area (Å²) in [5.41, 5.74) is 1.58. The van der Waals surface area contributed by atoms with E-state index in [-0.39, 0.29) is 12.7 Å². The van der Waals surface area contributed by atoms with E-state index in [2.05, 4.69) is 5.32 Å². The van der Waals surface area contributed by atoms with Crippen LogP contribution in [0.5, 0.6) is 17.2 Å². The summed E-state index contributed by atoms with van der Waals surface area (Å²) in [5.74, 6) is 1.93. The van der Waals surface area contributed by atoms with Gasteiger partial charge in [-0.3, -0.25) is 4.79 Å². The molecule has 1 heterocycles. The summed E-state index contributed by atoms with van der Waals surface area (Å²) in [4.78, 5) is 12.1. The van der Waals surface area contributed by atoms with E-state index in [0.29, 0.717) is 29.3 Å². The van der Waals surface area contributed by atoms with Gasteiger partial charge in [0.1, 0.15) is 5.75 Å². The minimum atomic E-state index is -0.108. The number of aryl methyl sites for hydroxylation is 1. The molecule has 5 nitrogen and oxygen atoms in total. The van der Waals surface area contributed by atoms with Crippen LogP contribution in [0.1, 0.15) is 12.0 Å². The number of fused-ring (bicyclic) bond motifs is 1. The van der Waals surface area contributed by atoms with Crippen molar-refractivity contribution in [2.75, 3.05) is 19.2 Å². The van der Waals surface area contributed by atoms with Crippen LogP contribution in [-0.4, -0.2) is 19.8 Å². The Hall–Kier alpha value is -2.40. The van der Waals surface area contributed by atoms with Crippen molar-refractivity contribution in [3.05, 3.63) is 47.0 Å². The van der Waals surface area contributed by atoms with Gasteiger partial charge in [-0.2, -0.15) is 0 Å². The topological polar surface area (TPSA) is 56.8 Å². The van der Waals surface area contributed by atoms with Crippen molar-refractivity contribution in [1.82, 2.24) is 0 Å². The molecule has 1 N–H and O–H groups in total. The van der Waals surface area contributed by atoms with Crippen molar-refractivity contribution in [2.24, 2.45) is 0 Å². The molecule has 0 aliphatic carbocycles. The standard InChI is InChI=1S/C17H16ClNO4/c1-21-14-6-4-12(18)9-13(14)19-17(20)7-3-11-2-5-15-16(8-11)23-10-22-15/h2,4-6,8-9H,3,7,10H2,1H3,(H,19,20). The monoisotopic (exact) mass is 333 g/mol. The van der Waals surface area contributed by atoms with Crippen molar-refractivity contribution in [1.29, 1.82) is 0 Å². The number of anilines is 1. The highest BCUT2D eigenvalue weighted by molar-refractivity contribution is 6.31. The highest BCUT2D eigenvalue weighted by Crippen LogP contribution is 2.33. The first-order valence-electron chi connectivity index (χ1n) is 7.17. The number of carbonyl (C=O) groups excluding carboxylic acids is 1. The Bertz CT molecular complexity index is 733. The lowest BCUT2D eigenvalue weighted by Crippen LogP contribution is -2.13. The van der Waals surface area contributed by atoms with Gasteiger partial charge in [0.2, 0.25) is 12.7 Å². The number of halogens is 1. The molecule has 0 unspecified atom stereocenters. The molecule has 6 heteroatoms. The third-order valence-corrected chi connectivity index (χ3v) is 3.75. The number of carbonyl (C=O) groups is 1. The van der Waals surface area contributed by atoms with Crippen LogP contribution in [0.2, 0.25) is 5.02 Å². The van der Waals surface area contributed by atoms with Crippen LogP contribution in [-0.2, 0) is 11.2 Å². The molecule has 0 saturated carbocycles. The molecular formula is C17H16ClNO4. The molecule has 0 aromatic heterocycles. The molecule has 0 bridgehead atoms. The molecule has 1 aliphatic rings. The number of ether oxygens (including phenoxy) is 3. The van der Waals surface area contributed by atoms with Gasteiger partial charge >= 0.3 is 0 Å². The lowest BCUT2D eigenvalue weighted by molar-refractivity contribution is -0.116. The summed E-state index contributed by atoms with van der Waals surface area (Å²) in [6.07, 6.45) is 0.945. The van der Waals surface area contributed by atoms with Gasteiger partial charge in [-0.25, -0.2) is 0 Å². The summed E-state index contributed by atoms with van der Waals surface area (Å²) < 4.78 is 15.8. The lowest BCUT2D eigenvalue weighted by Gasteiger charge is -2.10. The van der Waals surface area contributed by atoms with E-state index < -0.39 is 0 Å². The zero-order valence-electron chi connectivity index (χ0n) is 12.6. The van der Waals surface area contributed by atoms with Gasteiger partial charge in [0.15, 0.2) is 11.5 Å². The molecule has 3 rings (SSSR count). The van der Waals surface area contributed by atoms with Crippen LogP contribution in [0.15, 0.2) is 36.4 Å². The minimum absolute atomic E-state index is 0.108. The van der Waals surface area contributed by atoms with Crippen LogP contribution in [0.25, 0.3) is 0 Å². The largest absolute Gasteiger partial charge is 0.495 e. The van der Waals surface area contributed by atoms with Crippen molar-refractivity contribution in [3.8, 4) is 17.2 Å². The SMILES string of the molecule is COc1ccc(Cl)cc1NC(=O)CCc1ccc2c(c1)OCO2. The van der Waals surface area contributed by atoms with Crippen LogP contribution < -0.4 is 19.5 Å². The number of amides is 1. The first kappa shape index (κ1) is 15.5. The summed E-state index contributed by atoms with van der Waals surface area (Å²) in [6, 6.07) is 10.8. The van der Waals surface area contributed by atoms with Gasteiger partial charge in [0.05, 0.1) is 12.8 Å². The molecule has 0 spiro atoms. The van der Waals surface area contributed by atoms with Gasteiger partial charge < -0.3 is 19.5 Å². The van der Waals surface area contributed by atoms with Crippen LogP contribution in [0, 0.1) is 0 Å². The van der Waals surface area contributed by atoms with Crippen molar-refractivity contribution >= 4 is 23.2 Å². The van der Waals surface area contributed by atoms with E-state index in [4.69, 9.17) is 25.8 Å². The predicted molar refractivity (Wildman–Crippen MR) is 87.5 cm³/mol. The minimum Gasteiger partial charge on any atom is -0.495 e. The Morgan fingerprint density at radius 1 is 1.22 bits per heavy atom. The molecule has 2 aromatic carbocycles. The fraction of sp³-hybridized carbons (Fsp3) is 0.235. The van der Waals surface area contributed by atoms with Crippen molar-refractivity contribution < 1.29 is 19.0 Å². The van der Waals surface area contributed by atoms with Crippen molar-refractivity contribution in [2.45, 2.75) is 12.8 Å². The molecule has 2 aromatic rings. The third-order valence-electron chi connectivity index (χ3n) is 3.51. The normalized spacial score (nSPS) is 12.1. The molecule has 1 amide bonds. The highest BCUT2D eigenvalue weighted by Gasteiger charge is 2.14. The van der Waals surface area contributed by atoms with Gasteiger partial charge in [0, 0.05) is 11.4 Å². The van der Waals surface area contributed by atoms with E-state index in [1.54, 1.807) is 25.3 Å². The van der Waals surface area contributed by atoms with Gasteiger partial charge in [-0.15, -0.1) is 0 Å². The molecule has 0 saturated heterocycles. The van der Waals surface area contributed by atoms with Crippen LogP contribution in [0.3, 0.4) is 0 Å². The highest BCUT2D eigenvalue weighted by atomic mass is 35.5. The maximum atomic E-state index is 12.1. The summed E-state index contributed by atoms with van der Waals surface area (Å²) in [7, 11) is 1.55. The van der Waals surface area contributed by atoms with E-state index >= 15 is 0 Å². The van der Waals surface area contributed by atoms with E-state index in [0.717, 1.165) is 17.1 Å². The number of hydrogen-bond donors (Lipinski definition) is 1. The summed E-state index contributed by atoms with van der Waals surface area (Å²) >= 11 is 5.95. The first-order chi connectivity index (χ1) is 11.2. The lowest BCUT2D eigenvalue weighted by atomic mass is 10.1. The number of hydrogen-bond acceptors (Lipinski definition) is 4. The molecule has 0 atom stereocenters. The maximum Gasteiger partial charge on any atom is 0.231 e. The van der Waals surface area contributed by atoms with Crippen molar-refractivity contribution in [3.63, 3.8) is 0 Å². The zero-order chi connectivity index (χ0) is 16.2. The third kappa shape index (κ3) is 3.68. The first-order valence-corrected chi connectivity index (χ1v) is 7.55. The fourth-order valence-corrected chi connectivity index (χ4v) is 2.52. The average Bonchev–Trinajstić information content (AvgIpc) is 3.01. The number of nitrogens with one attached hydrogen (secondary N) is 1. The number of methoxy groups -OCH3 is 1. The zero-order valence-corrected chi connectivity index (χ0v) is 13.4. The fourth-order valence-electron chi connectivity index (χ4n) is 2.34. The Balaban J connectivity index is 1.61. The molecule has 120 valence electrons.